The summed E-state index contributed by atoms with van der Waals surface area (Å²) in [5.74, 6) is -0.0899. The molecule has 1 atom stereocenters. The highest BCUT2D eigenvalue weighted by molar-refractivity contribution is 6.32. The first-order valence-corrected chi connectivity index (χ1v) is 4.53. The number of amides is 1. The Hall–Kier alpha value is -1.02. The Bertz CT molecular complexity index is 284. The maximum Gasteiger partial charge on any atom is 0.244 e. The van der Waals surface area contributed by atoms with Crippen LogP contribution in [0.4, 0.5) is 5.69 Å². The summed E-state index contributed by atoms with van der Waals surface area (Å²) < 4.78 is 0. The minimum absolute atomic E-state index is 0.0899. The summed E-state index contributed by atoms with van der Waals surface area (Å²) in [6, 6.07) is 9.43. The number of benzene rings is 1. The first kappa shape index (κ1) is 10.1. The molecule has 2 nitrogen and oxygen atoms in total. The first-order valence-electron chi connectivity index (χ1n) is 4.09. The molecule has 1 aromatic rings. The summed E-state index contributed by atoms with van der Waals surface area (Å²) >= 11 is 5.68. The van der Waals surface area contributed by atoms with E-state index in [1.165, 1.54) is 0 Å². The van der Waals surface area contributed by atoms with Gasteiger partial charge in [-0.15, -0.1) is 11.6 Å². The molecule has 0 saturated heterocycles. The summed E-state index contributed by atoms with van der Waals surface area (Å²) in [6.45, 7) is 1.67. The van der Waals surface area contributed by atoms with Crippen LogP contribution < -0.4 is 4.90 Å². The lowest BCUT2D eigenvalue weighted by Crippen LogP contribution is -2.31. The second kappa shape index (κ2) is 4.28. The predicted octanol–water partition coefficient (Wildman–Crippen LogP) is 2.28. The van der Waals surface area contributed by atoms with Crippen molar-refractivity contribution < 1.29 is 4.79 Å². The summed E-state index contributed by atoms with van der Waals surface area (Å²) in [4.78, 5) is 13.0. The lowest BCUT2D eigenvalue weighted by Gasteiger charge is -2.18. The smallest absolute Gasteiger partial charge is 0.244 e. The van der Waals surface area contributed by atoms with Crippen molar-refractivity contribution in [1.29, 1.82) is 0 Å². The van der Waals surface area contributed by atoms with E-state index < -0.39 is 5.38 Å². The Morgan fingerprint density at radius 1 is 1.38 bits per heavy atom. The summed E-state index contributed by atoms with van der Waals surface area (Å²) in [5, 5.41) is -0.481. The van der Waals surface area contributed by atoms with Crippen LogP contribution in [0.3, 0.4) is 0 Å². The van der Waals surface area contributed by atoms with Crippen molar-refractivity contribution in [2.75, 3.05) is 11.9 Å². The van der Waals surface area contributed by atoms with E-state index in [1.807, 2.05) is 30.3 Å². The molecule has 1 rings (SSSR count). The molecule has 0 heterocycles. The second-order valence-electron chi connectivity index (χ2n) is 2.85. The van der Waals surface area contributed by atoms with Gasteiger partial charge in [0.15, 0.2) is 0 Å². The highest BCUT2D eigenvalue weighted by Crippen LogP contribution is 2.13. The van der Waals surface area contributed by atoms with Gasteiger partial charge in [0.2, 0.25) is 5.91 Å². The molecule has 0 aromatic heterocycles. The molecule has 0 bridgehead atoms. The van der Waals surface area contributed by atoms with Crippen LogP contribution in [0.5, 0.6) is 0 Å². The third-order valence-electron chi connectivity index (χ3n) is 1.81. The normalized spacial score (nSPS) is 12.2. The molecule has 0 saturated carbocycles. The second-order valence-corrected chi connectivity index (χ2v) is 3.50. The molecular formula is C10H12ClNO. The molecule has 0 aliphatic heterocycles. The van der Waals surface area contributed by atoms with Crippen molar-refractivity contribution in [3.63, 3.8) is 0 Å². The van der Waals surface area contributed by atoms with Gasteiger partial charge in [0.25, 0.3) is 0 Å². The number of rotatable bonds is 2. The van der Waals surface area contributed by atoms with E-state index in [4.69, 9.17) is 11.6 Å². The standard InChI is InChI=1S/C10H12ClNO/c1-8(11)10(13)12(2)9-6-4-3-5-7-9/h3-8H,1-2H3. The SMILES string of the molecule is CC(Cl)C(=O)N(C)c1ccccc1. The van der Waals surface area contributed by atoms with Crippen LogP contribution in [0, 0.1) is 0 Å². The van der Waals surface area contributed by atoms with E-state index in [-0.39, 0.29) is 5.91 Å². The van der Waals surface area contributed by atoms with Gasteiger partial charge in [-0.25, -0.2) is 0 Å². The quantitative estimate of drug-likeness (QED) is 0.667. The van der Waals surface area contributed by atoms with E-state index in [1.54, 1.807) is 18.9 Å². The number of alkyl halides is 1. The molecule has 0 radical (unpaired) electrons. The molecule has 1 unspecified atom stereocenters. The van der Waals surface area contributed by atoms with Crippen LogP contribution in [0.15, 0.2) is 30.3 Å². The van der Waals surface area contributed by atoms with E-state index in [2.05, 4.69) is 0 Å². The van der Waals surface area contributed by atoms with E-state index in [9.17, 15) is 4.79 Å². The van der Waals surface area contributed by atoms with Gasteiger partial charge in [-0.05, 0) is 19.1 Å². The van der Waals surface area contributed by atoms with Crippen molar-refractivity contribution in [1.82, 2.24) is 0 Å². The molecule has 0 fully saturated rings. The average molecular weight is 198 g/mol. The van der Waals surface area contributed by atoms with Crippen LogP contribution in [0.1, 0.15) is 6.92 Å². The van der Waals surface area contributed by atoms with Crippen LogP contribution in [-0.4, -0.2) is 18.3 Å². The number of carbonyl (C=O) groups excluding carboxylic acids is 1. The van der Waals surface area contributed by atoms with Crippen molar-refractivity contribution >= 4 is 23.2 Å². The van der Waals surface area contributed by atoms with Gasteiger partial charge in [-0.1, -0.05) is 18.2 Å². The van der Waals surface area contributed by atoms with Gasteiger partial charge in [-0.2, -0.15) is 0 Å². The highest BCUT2D eigenvalue weighted by atomic mass is 35.5. The van der Waals surface area contributed by atoms with Crippen LogP contribution in [0.25, 0.3) is 0 Å². The molecule has 0 spiro atoms. The topological polar surface area (TPSA) is 20.3 Å². The van der Waals surface area contributed by atoms with Gasteiger partial charge >= 0.3 is 0 Å². The minimum Gasteiger partial charge on any atom is -0.314 e. The zero-order chi connectivity index (χ0) is 9.84. The summed E-state index contributed by atoms with van der Waals surface area (Å²) in [7, 11) is 1.72. The molecule has 3 heteroatoms. The van der Waals surface area contributed by atoms with Crippen LogP contribution in [0.2, 0.25) is 0 Å². The number of carbonyl (C=O) groups is 1. The van der Waals surface area contributed by atoms with E-state index in [0.29, 0.717) is 0 Å². The van der Waals surface area contributed by atoms with E-state index >= 15 is 0 Å². The lowest BCUT2D eigenvalue weighted by molar-refractivity contribution is -0.117. The Labute approximate surface area is 83.1 Å². The molecule has 0 N–H and O–H groups in total. The number of hydrogen-bond donors (Lipinski definition) is 0. The molecule has 0 aliphatic carbocycles. The zero-order valence-corrected chi connectivity index (χ0v) is 8.45. The van der Waals surface area contributed by atoms with Crippen LogP contribution >= 0.6 is 11.6 Å². The minimum atomic E-state index is -0.481. The molecule has 1 aromatic carbocycles. The van der Waals surface area contributed by atoms with Gasteiger partial charge in [0.05, 0.1) is 0 Å². The Morgan fingerprint density at radius 3 is 2.38 bits per heavy atom. The highest BCUT2D eigenvalue weighted by Gasteiger charge is 2.15. The average Bonchev–Trinajstić information content (AvgIpc) is 2.17. The van der Waals surface area contributed by atoms with Crippen LogP contribution in [-0.2, 0) is 4.79 Å². The largest absolute Gasteiger partial charge is 0.314 e. The van der Waals surface area contributed by atoms with Crippen molar-refractivity contribution in [2.24, 2.45) is 0 Å². The number of anilines is 1. The molecule has 1 amide bonds. The number of nitrogens with zero attached hydrogens (tertiary/aromatic N) is 1. The monoisotopic (exact) mass is 197 g/mol. The fourth-order valence-corrected chi connectivity index (χ4v) is 1.19. The van der Waals surface area contributed by atoms with Gasteiger partial charge in [-0.3, -0.25) is 4.79 Å². The van der Waals surface area contributed by atoms with Crippen molar-refractivity contribution in [3.05, 3.63) is 30.3 Å². The Balaban J connectivity index is 2.80. The molecule has 0 aliphatic rings. The maximum absolute atomic E-state index is 11.4. The summed E-state index contributed by atoms with van der Waals surface area (Å²) in [6.07, 6.45) is 0. The fourth-order valence-electron chi connectivity index (χ4n) is 1.05. The van der Waals surface area contributed by atoms with Gasteiger partial charge in [0.1, 0.15) is 5.38 Å². The third kappa shape index (κ3) is 2.46. The first-order chi connectivity index (χ1) is 6.13. The van der Waals surface area contributed by atoms with Crippen molar-refractivity contribution in [3.8, 4) is 0 Å². The lowest BCUT2D eigenvalue weighted by atomic mass is 10.3. The zero-order valence-electron chi connectivity index (χ0n) is 7.70. The number of hydrogen-bond acceptors (Lipinski definition) is 1. The summed E-state index contributed by atoms with van der Waals surface area (Å²) in [5.41, 5.74) is 0.861. The third-order valence-corrected chi connectivity index (χ3v) is 2.00. The van der Waals surface area contributed by atoms with Gasteiger partial charge < -0.3 is 4.90 Å². The molecular weight excluding hydrogens is 186 g/mol. The number of para-hydroxylation sites is 1. The van der Waals surface area contributed by atoms with Gasteiger partial charge in [0, 0.05) is 12.7 Å². The van der Waals surface area contributed by atoms with Crippen molar-refractivity contribution in [2.45, 2.75) is 12.3 Å². The van der Waals surface area contributed by atoms with E-state index in [0.717, 1.165) is 5.69 Å². The molecule has 70 valence electrons. The maximum atomic E-state index is 11.4. The Morgan fingerprint density at radius 2 is 1.92 bits per heavy atom. The fraction of sp³-hybridized carbons (Fsp3) is 0.300. The Kier molecular flexibility index (Phi) is 3.32. The molecule has 13 heavy (non-hydrogen) atoms. The number of halogens is 1. The predicted molar refractivity (Wildman–Crippen MR) is 55.2 cm³/mol.